The molecule has 0 bridgehead atoms. The van der Waals surface area contributed by atoms with Gasteiger partial charge >= 0.3 is 0 Å². The fourth-order valence-corrected chi connectivity index (χ4v) is 3.44. The van der Waals surface area contributed by atoms with Gasteiger partial charge in [-0.05, 0) is 57.4 Å². The number of nitrogens with zero attached hydrogens (tertiary/aromatic N) is 2. The van der Waals surface area contributed by atoms with Crippen LogP contribution in [0.25, 0.3) is 0 Å². The molecule has 0 spiro atoms. The molecule has 0 aromatic heterocycles. The maximum Gasteiger partial charge on any atom is 0.221 e. The van der Waals surface area contributed by atoms with E-state index in [4.69, 9.17) is 0 Å². The number of likely N-dealkylation sites (tertiary alicyclic amines) is 1. The fourth-order valence-electron chi connectivity index (χ4n) is 3.44. The van der Waals surface area contributed by atoms with Crippen LogP contribution in [0.5, 0.6) is 0 Å². The summed E-state index contributed by atoms with van der Waals surface area (Å²) in [6.07, 6.45) is 5.15. The van der Waals surface area contributed by atoms with Gasteiger partial charge in [-0.3, -0.25) is 4.79 Å². The number of aliphatic imine (C=N–C) groups is 1. The van der Waals surface area contributed by atoms with E-state index < -0.39 is 0 Å². The first-order valence-corrected chi connectivity index (χ1v) is 10.2. The van der Waals surface area contributed by atoms with E-state index in [9.17, 15) is 4.79 Å². The number of carbonyl (C=O) groups excluding carboxylic acids is 1. The Balaban J connectivity index is 1.80. The highest BCUT2D eigenvalue weighted by Crippen LogP contribution is 2.16. The van der Waals surface area contributed by atoms with Crippen molar-refractivity contribution in [3.8, 4) is 0 Å². The molecule has 27 heavy (non-hydrogen) atoms. The van der Waals surface area contributed by atoms with Gasteiger partial charge in [-0.15, -0.1) is 0 Å². The summed E-state index contributed by atoms with van der Waals surface area (Å²) < 4.78 is 0. The lowest BCUT2D eigenvalue weighted by Gasteiger charge is -2.33. The number of rotatable bonds is 8. The van der Waals surface area contributed by atoms with Crippen molar-refractivity contribution < 1.29 is 4.79 Å². The van der Waals surface area contributed by atoms with Crippen molar-refractivity contribution in [2.45, 2.75) is 59.0 Å². The molecular formula is C21H35N5O. The Morgan fingerprint density at radius 1 is 1.30 bits per heavy atom. The van der Waals surface area contributed by atoms with Crippen LogP contribution in [0, 0.1) is 0 Å². The Labute approximate surface area is 163 Å². The molecule has 0 saturated carbocycles. The van der Waals surface area contributed by atoms with E-state index in [0.29, 0.717) is 6.54 Å². The van der Waals surface area contributed by atoms with E-state index in [0.717, 1.165) is 49.3 Å². The molecule has 1 aromatic rings. The highest BCUT2D eigenvalue weighted by Gasteiger charge is 2.17. The second-order valence-electron chi connectivity index (χ2n) is 7.24. The summed E-state index contributed by atoms with van der Waals surface area (Å²) >= 11 is 0. The number of amides is 1. The van der Waals surface area contributed by atoms with Crippen molar-refractivity contribution >= 4 is 17.6 Å². The minimum absolute atomic E-state index is 0.0614. The maximum atomic E-state index is 11.2. The van der Waals surface area contributed by atoms with E-state index in [1.807, 2.05) is 24.3 Å². The number of hydrogen-bond acceptors (Lipinski definition) is 3. The molecule has 6 heteroatoms. The quantitative estimate of drug-likeness (QED) is 0.372. The molecule has 1 fully saturated rings. The lowest BCUT2D eigenvalue weighted by Crippen LogP contribution is -2.41. The molecule has 0 aliphatic carbocycles. The molecule has 3 N–H and O–H groups in total. The molecular weight excluding hydrogens is 338 g/mol. The number of nitrogens with one attached hydrogen (secondary N) is 3. The molecule has 1 aliphatic heterocycles. The number of hydrogen-bond donors (Lipinski definition) is 3. The van der Waals surface area contributed by atoms with E-state index in [1.54, 1.807) is 0 Å². The van der Waals surface area contributed by atoms with Gasteiger partial charge in [0.05, 0.1) is 6.54 Å². The summed E-state index contributed by atoms with van der Waals surface area (Å²) in [7, 11) is 0. The third-order valence-corrected chi connectivity index (χ3v) is 4.87. The Bertz CT molecular complexity index is 616. The Morgan fingerprint density at radius 3 is 2.89 bits per heavy atom. The van der Waals surface area contributed by atoms with Crippen LogP contribution in [0.4, 0.5) is 5.69 Å². The molecule has 1 unspecified atom stereocenters. The van der Waals surface area contributed by atoms with Crippen LogP contribution in [0.1, 0.15) is 52.0 Å². The third kappa shape index (κ3) is 7.99. The van der Waals surface area contributed by atoms with Crippen molar-refractivity contribution in [1.82, 2.24) is 15.5 Å². The lowest BCUT2D eigenvalue weighted by atomic mass is 10.0. The third-order valence-electron chi connectivity index (χ3n) is 4.87. The van der Waals surface area contributed by atoms with E-state index in [2.05, 4.69) is 39.7 Å². The first-order valence-electron chi connectivity index (χ1n) is 10.2. The Morgan fingerprint density at radius 2 is 2.15 bits per heavy atom. The standard InChI is InChI=1S/C21H35N5O/c1-4-22-21(23-12-8-14-26-13-6-5-9-17(26)2)24-16-19-10-7-11-20(15-19)25-18(3)27/h7,10-11,15,17H,4-6,8-9,12-14,16H2,1-3H3,(H,25,27)(H2,22,23,24). The van der Waals surface area contributed by atoms with Gasteiger partial charge in [0.25, 0.3) is 0 Å². The summed E-state index contributed by atoms with van der Waals surface area (Å²) in [5, 5.41) is 9.55. The summed E-state index contributed by atoms with van der Waals surface area (Å²) in [6, 6.07) is 8.54. The zero-order valence-electron chi connectivity index (χ0n) is 17.1. The molecule has 150 valence electrons. The number of benzene rings is 1. The van der Waals surface area contributed by atoms with Gasteiger partial charge in [0, 0.05) is 38.3 Å². The molecule has 1 aliphatic rings. The van der Waals surface area contributed by atoms with Gasteiger partial charge in [0.2, 0.25) is 5.91 Å². The van der Waals surface area contributed by atoms with Crippen LogP contribution >= 0.6 is 0 Å². The van der Waals surface area contributed by atoms with Gasteiger partial charge in [0.1, 0.15) is 0 Å². The minimum atomic E-state index is -0.0614. The van der Waals surface area contributed by atoms with Crippen LogP contribution in [0.15, 0.2) is 29.3 Å². The molecule has 1 saturated heterocycles. The van der Waals surface area contributed by atoms with Crippen molar-refractivity contribution in [3.05, 3.63) is 29.8 Å². The Kier molecular flexibility index (Phi) is 9.11. The van der Waals surface area contributed by atoms with Gasteiger partial charge in [-0.1, -0.05) is 18.6 Å². The van der Waals surface area contributed by atoms with Gasteiger partial charge in [0.15, 0.2) is 5.96 Å². The highest BCUT2D eigenvalue weighted by atomic mass is 16.1. The second kappa shape index (κ2) is 11.6. The number of piperidine rings is 1. The van der Waals surface area contributed by atoms with E-state index in [-0.39, 0.29) is 5.91 Å². The van der Waals surface area contributed by atoms with Crippen LogP contribution in [-0.2, 0) is 11.3 Å². The highest BCUT2D eigenvalue weighted by molar-refractivity contribution is 5.88. The summed E-state index contributed by atoms with van der Waals surface area (Å²) in [6.45, 7) is 10.6. The van der Waals surface area contributed by atoms with Crippen molar-refractivity contribution in [2.75, 3.05) is 31.5 Å². The average molecular weight is 374 g/mol. The average Bonchev–Trinajstić information content (AvgIpc) is 2.64. The van der Waals surface area contributed by atoms with Crippen LogP contribution < -0.4 is 16.0 Å². The van der Waals surface area contributed by atoms with Crippen molar-refractivity contribution in [1.29, 1.82) is 0 Å². The van der Waals surface area contributed by atoms with Crippen LogP contribution in [-0.4, -0.2) is 49.0 Å². The van der Waals surface area contributed by atoms with E-state index in [1.165, 1.54) is 32.7 Å². The van der Waals surface area contributed by atoms with Crippen molar-refractivity contribution in [3.63, 3.8) is 0 Å². The van der Waals surface area contributed by atoms with Gasteiger partial charge in [-0.2, -0.15) is 0 Å². The largest absolute Gasteiger partial charge is 0.357 e. The van der Waals surface area contributed by atoms with E-state index >= 15 is 0 Å². The Hall–Kier alpha value is -2.08. The molecule has 2 rings (SSSR count). The molecule has 1 heterocycles. The first kappa shape index (κ1) is 21.2. The monoisotopic (exact) mass is 373 g/mol. The first-order chi connectivity index (χ1) is 13.1. The summed E-state index contributed by atoms with van der Waals surface area (Å²) in [5.74, 6) is 0.780. The number of guanidine groups is 1. The predicted octanol–water partition coefficient (Wildman–Crippen LogP) is 2.96. The SMILES string of the molecule is CCNC(=NCc1cccc(NC(C)=O)c1)NCCCN1CCCCC1C. The number of carbonyl (C=O) groups is 1. The summed E-state index contributed by atoms with van der Waals surface area (Å²) in [5.41, 5.74) is 1.88. The normalized spacial score (nSPS) is 18.2. The minimum Gasteiger partial charge on any atom is -0.357 e. The zero-order valence-corrected chi connectivity index (χ0v) is 17.1. The number of anilines is 1. The fraction of sp³-hybridized carbons (Fsp3) is 0.619. The van der Waals surface area contributed by atoms with Crippen molar-refractivity contribution in [2.24, 2.45) is 4.99 Å². The molecule has 6 nitrogen and oxygen atoms in total. The van der Waals surface area contributed by atoms with Crippen LogP contribution in [0.3, 0.4) is 0 Å². The van der Waals surface area contributed by atoms with Gasteiger partial charge in [-0.25, -0.2) is 4.99 Å². The smallest absolute Gasteiger partial charge is 0.221 e. The maximum absolute atomic E-state index is 11.2. The molecule has 1 amide bonds. The second-order valence-corrected chi connectivity index (χ2v) is 7.24. The molecule has 0 radical (unpaired) electrons. The molecule has 1 aromatic carbocycles. The predicted molar refractivity (Wildman–Crippen MR) is 113 cm³/mol. The zero-order chi connectivity index (χ0) is 19.5. The lowest BCUT2D eigenvalue weighted by molar-refractivity contribution is -0.114. The summed E-state index contributed by atoms with van der Waals surface area (Å²) in [4.78, 5) is 18.5. The topological polar surface area (TPSA) is 68.8 Å². The van der Waals surface area contributed by atoms with Gasteiger partial charge < -0.3 is 20.9 Å². The van der Waals surface area contributed by atoms with Crippen LogP contribution in [0.2, 0.25) is 0 Å². The molecule has 1 atom stereocenters.